The molecule has 4 heteroatoms. The molecular weight excluding hydrogens is 288 g/mol. The molecule has 2 nitrogen and oxygen atoms in total. The Balaban J connectivity index is 2.39. The maximum atomic E-state index is 6.11. The van der Waals surface area contributed by atoms with E-state index < -0.39 is 0 Å². The zero-order chi connectivity index (χ0) is 14.9. The summed E-state index contributed by atoms with van der Waals surface area (Å²) < 4.78 is 0. The van der Waals surface area contributed by atoms with Crippen molar-refractivity contribution in [2.75, 3.05) is 20.6 Å². The molecule has 20 heavy (non-hydrogen) atoms. The van der Waals surface area contributed by atoms with Crippen LogP contribution in [0.2, 0.25) is 5.02 Å². The molecule has 1 aromatic carbocycles. The van der Waals surface area contributed by atoms with Crippen LogP contribution in [0.25, 0.3) is 5.57 Å². The Morgan fingerprint density at radius 1 is 1.45 bits per heavy atom. The lowest BCUT2D eigenvalue weighted by atomic mass is 9.92. The van der Waals surface area contributed by atoms with Gasteiger partial charge in [-0.3, -0.25) is 0 Å². The van der Waals surface area contributed by atoms with Gasteiger partial charge in [0.15, 0.2) is 0 Å². The number of hydrogen-bond donors (Lipinski definition) is 1. The quantitative estimate of drug-likeness (QED) is 0.844. The van der Waals surface area contributed by atoms with Gasteiger partial charge in [0.2, 0.25) is 0 Å². The van der Waals surface area contributed by atoms with E-state index in [4.69, 9.17) is 29.6 Å². The number of nitrogens with two attached hydrogens (primary N) is 1. The Kier molecular flexibility index (Phi) is 4.84. The fraction of sp³-hybridized carbons (Fsp3) is 0.438. The lowest BCUT2D eigenvalue weighted by molar-refractivity contribution is 0.412. The number of thiocarbonyl (C=S) groups is 1. The average molecular weight is 309 g/mol. The normalized spacial score (nSPS) is 15.7. The molecule has 1 aromatic rings. The summed E-state index contributed by atoms with van der Waals surface area (Å²) >= 11 is 11.3. The van der Waals surface area contributed by atoms with Crippen molar-refractivity contribution < 1.29 is 0 Å². The van der Waals surface area contributed by atoms with E-state index in [0.29, 0.717) is 4.99 Å². The SMILES string of the molecule is CC(C(N)=S)C1=C(CCN(C)C)Cc2cc(Cl)ccc21. The number of nitrogens with zero attached hydrogens (tertiary/aromatic N) is 1. The Labute approximate surface area is 131 Å². The predicted octanol–water partition coefficient (Wildman–Crippen LogP) is 3.52. The third kappa shape index (κ3) is 3.22. The average Bonchev–Trinajstić information content (AvgIpc) is 2.72. The van der Waals surface area contributed by atoms with Crippen LogP contribution in [0.1, 0.15) is 24.5 Å². The summed E-state index contributed by atoms with van der Waals surface area (Å²) in [7, 11) is 4.19. The molecule has 0 amide bonds. The molecule has 0 spiro atoms. The molecule has 0 fully saturated rings. The minimum absolute atomic E-state index is 0.115. The Bertz CT molecular complexity index is 564. The molecule has 0 heterocycles. The Morgan fingerprint density at radius 2 is 2.15 bits per heavy atom. The van der Waals surface area contributed by atoms with E-state index >= 15 is 0 Å². The second kappa shape index (κ2) is 6.25. The van der Waals surface area contributed by atoms with Crippen LogP contribution >= 0.6 is 23.8 Å². The molecule has 0 saturated heterocycles. The van der Waals surface area contributed by atoms with Crippen LogP contribution in [0.15, 0.2) is 23.8 Å². The van der Waals surface area contributed by atoms with Gasteiger partial charge in [0.05, 0.1) is 4.99 Å². The van der Waals surface area contributed by atoms with Crippen LogP contribution in [-0.2, 0) is 6.42 Å². The highest BCUT2D eigenvalue weighted by molar-refractivity contribution is 7.80. The van der Waals surface area contributed by atoms with Gasteiger partial charge in [0, 0.05) is 17.5 Å². The van der Waals surface area contributed by atoms with Gasteiger partial charge in [0.25, 0.3) is 0 Å². The molecule has 1 atom stereocenters. The van der Waals surface area contributed by atoms with E-state index in [1.807, 2.05) is 6.07 Å². The summed E-state index contributed by atoms with van der Waals surface area (Å²) in [6.07, 6.45) is 2.01. The van der Waals surface area contributed by atoms with Crippen molar-refractivity contribution in [3.05, 3.63) is 39.9 Å². The van der Waals surface area contributed by atoms with Crippen molar-refractivity contribution in [3.63, 3.8) is 0 Å². The zero-order valence-electron chi connectivity index (χ0n) is 12.2. The first kappa shape index (κ1) is 15.5. The lowest BCUT2D eigenvalue weighted by Crippen LogP contribution is -2.20. The van der Waals surface area contributed by atoms with Crippen LogP contribution in [0.4, 0.5) is 0 Å². The molecule has 0 aromatic heterocycles. The molecule has 0 saturated carbocycles. The van der Waals surface area contributed by atoms with E-state index in [1.165, 1.54) is 22.3 Å². The Hall–Kier alpha value is -0.900. The number of rotatable bonds is 5. The molecule has 2 rings (SSSR count). The van der Waals surface area contributed by atoms with E-state index in [-0.39, 0.29) is 5.92 Å². The number of halogens is 1. The third-order valence-electron chi connectivity index (χ3n) is 3.86. The van der Waals surface area contributed by atoms with Crippen molar-refractivity contribution in [3.8, 4) is 0 Å². The largest absolute Gasteiger partial charge is 0.393 e. The number of benzene rings is 1. The molecule has 0 radical (unpaired) electrons. The van der Waals surface area contributed by atoms with E-state index in [2.05, 4.69) is 38.1 Å². The van der Waals surface area contributed by atoms with Crippen molar-refractivity contribution >= 4 is 34.4 Å². The first-order valence-electron chi connectivity index (χ1n) is 6.85. The molecule has 2 N–H and O–H groups in total. The van der Waals surface area contributed by atoms with E-state index in [9.17, 15) is 0 Å². The third-order valence-corrected chi connectivity index (χ3v) is 4.45. The van der Waals surface area contributed by atoms with Gasteiger partial charge in [-0.2, -0.15) is 0 Å². The molecule has 0 aliphatic heterocycles. The molecule has 0 bridgehead atoms. The van der Waals surface area contributed by atoms with Gasteiger partial charge in [0.1, 0.15) is 0 Å². The van der Waals surface area contributed by atoms with Gasteiger partial charge in [-0.1, -0.05) is 42.4 Å². The molecule has 1 unspecified atom stereocenters. The smallest absolute Gasteiger partial charge is 0.0800 e. The monoisotopic (exact) mass is 308 g/mol. The van der Waals surface area contributed by atoms with Crippen LogP contribution in [-0.4, -0.2) is 30.5 Å². The van der Waals surface area contributed by atoms with Gasteiger partial charge in [-0.05, 0) is 55.8 Å². The lowest BCUT2D eigenvalue weighted by Gasteiger charge is -2.17. The van der Waals surface area contributed by atoms with Crippen LogP contribution in [0.5, 0.6) is 0 Å². The van der Waals surface area contributed by atoms with Gasteiger partial charge in [-0.25, -0.2) is 0 Å². The van der Waals surface area contributed by atoms with Gasteiger partial charge < -0.3 is 10.6 Å². The molecule has 108 valence electrons. The van der Waals surface area contributed by atoms with E-state index in [1.54, 1.807) is 0 Å². The molecular formula is C16H21ClN2S. The first-order chi connectivity index (χ1) is 9.40. The van der Waals surface area contributed by atoms with Gasteiger partial charge in [-0.15, -0.1) is 0 Å². The maximum absolute atomic E-state index is 6.11. The second-order valence-electron chi connectivity index (χ2n) is 5.67. The number of hydrogen-bond acceptors (Lipinski definition) is 2. The van der Waals surface area contributed by atoms with Crippen LogP contribution in [0.3, 0.4) is 0 Å². The number of fused-ring (bicyclic) bond motifs is 1. The summed E-state index contributed by atoms with van der Waals surface area (Å²) in [5.41, 5.74) is 11.2. The van der Waals surface area contributed by atoms with Crippen molar-refractivity contribution in [2.24, 2.45) is 11.7 Å². The molecule has 1 aliphatic carbocycles. The summed E-state index contributed by atoms with van der Waals surface area (Å²) in [6.45, 7) is 3.13. The summed E-state index contributed by atoms with van der Waals surface area (Å²) in [4.78, 5) is 2.76. The van der Waals surface area contributed by atoms with Crippen molar-refractivity contribution in [2.45, 2.75) is 19.8 Å². The van der Waals surface area contributed by atoms with Crippen molar-refractivity contribution in [1.82, 2.24) is 4.90 Å². The highest BCUT2D eigenvalue weighted by Gasteiger charge is 2.26. The fourth-order valence-corrected chi connectivity index (χ4v) is 3.06. The highest BCUT2D eigenvalue weighted by Crippen LogP contribution is 2.40. The highest BCUT2D eigenvalue weighted by atomic mass is 35.5. The standard InChI is InChI=1S/C16H21ClN2S/c1-10(16(18)20)15-11(6-7-19(2)3)8-12-9-13(17)4-5-14(12)15/h4-5,9-10H,6-8H2,1-3H3,(H2,18,20). The van der Waals surface area contributed by atoms with Crippen LogP contribution in [0, 0.1) is 5.92 Å². The zero-order valence-corrected chi connectivity index (χ0v) is 13.8. The van der Waals surface area contributed by atoms with Gasteiger partial charge >= 0.3 is 0 Å². The second-order valence-corrected chi connectivity index (χ2v) is 6.58. The summed E-state index contributed by atoms with van der Waals surface area (Å²) in [5.74, 6) is 0.115. The molecule has 1 aliphatic rings. The Morgan fingerprint density at radius 3 is 2.75 bits per heavy atom. The summed E-state index contributed by atoms with van der Waals surface area (Å²) in [6, 6.07) is 6.11. The minimum atomic E-state index is 0.115. The van der Waals surface area contributed by atoms with Crippen LogP contribution < -0.4 is 5.73 Å². The maximum Gasteiger partial charge on any atom is 0.0800 e. The minimum Gasteiger partial charge on any atom is -0.393 e. The topological polar surface area (TPSA) is 29.3 Å². The first-order valence-corrected chi connectivity index (χ1v) is 7.63. The summed E-state index contributed by atoms with van der Waals surface area (Å²) in [5, 5.41) is 0.792. The van der Waals surface area contributed by atoms with Crippen molar-refractivity contribution in [1.29, 1.82) is 0 Å². The fourth-order valence-electron chi connectivity index (χ4n) is 2.75. The van der Waals surface area contributed by atoms with E-state index in [0.717, 1.165) is 24.4 Å². The predicted molar refractivity (Wildman–Crippen MR) is 91.2 cm³/mol.